The molecule has 0 radical (unpaired) electrons. The van der Waals surface area contributed by atoms with E-state index in [0.717, 1.165) is 44.2 Å². The molecule has 1 aromatic rings. The largest absolute Gasteiger partial charge is 0.469 e. The number of rotatable bonds is 8. The van der Waals surface area contributed by atoms with Gasteiger partial charge in [-0.25, -0.2) is 0 Å². The lowest BCUT2D eigenvalue weighted by molar-refractivity contribution is 0.168. The summed E-state index contributed by atoms with van der Waals surface area (Å²) in [6, 6.07) is 4.56. The van der Waals surface area contributed by atoms with Crippen LogP contribution in [0.25, 0.3) is 0 Å². The Morgan fingerprint density at radius 2 is 2.13 bits per heavy atom. The first-order chi connectivity index (χ1) is 11.3. The van der Waals surface area contributed by atoms with Crippen LogP contribution in [-0.4, -0.2) is 49.6 Å². The SMILES string of the molecule is CCNC(=NCCC(C)N1CCCCC1)NCCc1ccco1. The number of hydrogen-bond acceptors (Lipinski definition) is 3. The van der Waals surface area contributed by atoms with Gasteiger partial charge in [0.25, 0.3) is 0 Å². The molecule has 2 rings (SSSR count). The predicted molar refractivity (Wildman–Crippen MR) is 95.9 cm³/mol. The Kier molecular flexibility index (Phi) is 8.01. The van der Waals surface area contributed by atoms with Crippen molar-refractivity contribution in [3.05, 3.63) is 24.2 Å². The van der Waals surface area contributed by atoms with Crippen molar-refractivity contribution in [3.63, 3.8) is 0 Å². The average Bonchev–Trinajstić information content (AvgIpc) is 3.09. The molecule has 1 atom stereocenters. The minimum Gasteiger partial charge on any atom is -0.469 e. The second-order valence-corrected chi connectivity index (χ2v) is 6.25. The highest BCUT2D eigenvalue weighted by Crippen LogP contribution is 2.13. The van der Waals surface area contributed by atoms with Crippen molar-refractivity contribution < 1.29 is 4.42 Å². The van der Waals surface area contributed by atoms with Gasteiger partial charge < -0.3 is 20.0 Å². The molecule has 1 unspecified atom stereocenters. The molecule has 0 bridgehead atoms. The summed E-state index contributed by atoms with van der Waals surface area (Å²) in [5.74, 6) is 1.91. The molecule has 1 saturated heterocycles. The zero-order valence-corrected chi connectivity index (χ0v) is 14.7. The lowest BCUT2D eigenvalue weighted by Crippen LogP contribution is -2.39. The molecule has 23 heavy (non-hydrogen) atoms. The summed E-state index contributed by atoms with van der Waals surface area (Å²) in [5.41, 5.74) is 0. The highest BCUT2D eigenvalue weighted by atomic mass is 16.3. The van der Waals surface area contributed by atoms with E-state index < -0.39 is 0 Å². The van der Waals surface area contributed by atoms with E-state index in [1.54, 1.807) is 6.26 Å². The molecule has 1 aliphatic rings. The van der Waals surface area contributed by atoms with Crippen LogP contribution in [0.4, 0.5) is 0 Å². The highest BCUT2D eigenvalue weighted by Gasteiger charge is 2.15. The maximum absolute atomic E-state index is 5.35. The third kappa shape index (κ3) is 6.65. The van der Waals surface area contributed by atoms with Gasteiger partial charge in [-0.1, -0.05) is 6.42 Å². The van der Waals surface area contributed by atoms with Crippen LogP contribution < -0.4 is 10.6 Å². The number of likely N-dealkylation sites (tertiary alicyclic amines) is 1. The number of furan rings is 1. The molecule has 0 saturated carbocycles. The smallest absolute Gasteiger partial charge is 0.191 e. The van der Waals surface area contributed by atoms with Crippen LogP contribution in [-0.2, 0) is 6.42 Å². The van der Waals surface area contributed by atoms with Crippen LogP contribution in [0.2, 0.25) is 0 Å². The van der Waals surface area contributed by atoms with Crippen LogP contribution >= 0.6 is 0 Å². The first kappa shape index (κ1) is 17.9. The van der Waals surface area contributed by atoms with Crippen molar-refractivity contribution in [1.82, 2.24) is 15.5 Å². The summed E-state index contributed by atoms with van der Waals surface area (Å²) in [5, 5.41) is 6.69. The molecule has 0 amide bonds. The van der Waals surface area contributed by atoms with E-state index in [2.05, 4.69) is 29.4 Å². The summed E-state index contributed by atoms with van der Waals surface area (Å²) in [7, 11) is 0. The molecule has 0 aromatic carbocycles. The Bertz CT molecular complexity index is 438. The topological polar surface area (TPSA) is 52.8 Å². The Balaban J connectivity index is 1.69. The van der Waals surface area contributed by atoms with Gasteiger partial charge >= 0.3 is 0 Å². The minimum atomic E-state index is 0.630. The van der Waals surface area contributed by atoms with E-state index in [-0.39, 0.29) is 0 Å². The molecule has 0 aliphatic carbocycles. The summed E-state index contributed by atoms with van der Waals surface area (Å²) in [6.07, 6.45) is 7.81. The van der Waals surface area contributed by atoms with Crippen LogP contribution in [0.3, 0.4) is 0 Å². The van der Waals surface area contributed by atoms with Crippen LogP contribution in [0, 0.1) is 0 Å². The maximum atomic E-state index is 5.35. The first-order valence-corrected chi connectivity index (χ1v) is 9.08. The summed E-state index contributed by atoms with van der Waals surface area (Å²) < 4.78 is 5.35. The van der Waals surface area contributed by atoms with Gasteiger partial charge in [0.2, 0.25) is 0 Å². The Morgan fingerprint density at radius 3 is 2.83 bits per heavy atom. The second-order valence-electron chi connectivity index (χ2n) is 6.25. The molecule has 2 N–H and O–H groups in total. The van der Waals surface area contributed by atoms with E-state index >= 15 is 0 Å². The van der Waals surface area contributed by atoms with E-state index in [0.29, 0.717) is 6.04 Å². The van der Waals surface area contributed by atoms with Crippen LogP contribution in [0.5, 0.6) is 0 Å². The average molecular weight is 320 g/mol. The van der Waals surface area contributed by atoms with E-state index in [4.69, 9.17) is 9.41 Å². The Hall–Kier alpha value is -1.49. The Labute approximate surface area is 140 Å². The zero-order valence-electron chi connectivity index (χ0n) is 14.7. The number of guanidine groups is 1. The molecule has 1 aliphatic heterocycles. The summed E-state index contributed by atoms with van der Waals surface area (Å²) >= 11 is 0. The number of piperidine rings is 1. The fraction of sp³-hybridized carbons (Fsp3) is 0.722. The normalized spacial score (nSPS) is 17.9. The van der Waals surface area contributed by atoms with Gasteiger partial charge in [0.15, 0.2) is 5.96 Å². The third-order valence-electron chi connectivity index (χ3n) is 4.42. The standard InChI is InChI=1S/C18H32N4O/c1-3-19-18(21-12-10-17-8-7-15-23-17)20-11-9-16(2)22-13-5-4-6-14-22/h7-8,15-16H,3-6,9-14H2,1-2H3,(H2,19,20,21). The number of aliphatic imine (C=N–C) groups is 1. The molecular weight excluding hydrogens is 288 g/mol. The number of nitrogens with one attached hydrogen (secondary N) is 2. The van der Waals surface area contributed by atoms with Crippen LogP contribution in [0.1, 0.15) is 45.3 Å². The van der Waals surface area contributed by atoms with Crippen LogP contribution in [0.15, 0.2) is 27.8 Å². The fourth-order valence-corrected chi connectivity index (χ4v) is 3.01. The lowest BCUT2D eigenvalue weighted by Gasteiger charge is -2.32. The molecule has 1 fully saturated rings. The highest BCUT2D eigenvalue weighted by molar-refractivity contribution is 5.79. The second kappa shape index (κ2) is 10.3. The summed E-state index contributed by atoms with van der Waals surface area (Å²) in [6.45, 7) is 9.53. The molecule has 1 aromatic heterocycles. The Morgan fingerprint density at radius 1 is 1.30 bits per heavy atom. The van der Waals surface area contributed by atoms with Gasteiger partial charge in [0.1, 0.15) is 5.76 Å². The molecule has 5 heteroatoms. The van der Waals surface area contributed by atoms with Gasteiger partial charge in [-0.2, -0.15) is 0 Å². The number of nitrogens with zero attached hydrogens (tertiary/aromatic N) is 2. The van der Waals surface area contributed by atoms with Gasteiger partial charge in [0.05, 0.1) is 6.26 Å². The van der Waals surface area contributed by atoms with Gasteiger partial charge in [-0.05, 0) is 58.3 Å². The predicted octanol–water partition coefficient (Wildman–Crippen LogP) is 2.64. The van der Waals surface area contributed by atoms with Crippen molar-refractivity contribution in [3.8, 4) is 0 Å². The van der Waals surface area contributed by atoms with Crippen molar-refractivity contribution in [2.24, 2.45) is 4.99 Å². The minimum absolute atomic E-state index is 0.630. The molecule has 5 nitrogen and oxygen atoms in total. The van der Waals surface area contributed by atoms with Crippen molar-refractivity contribution in [2.45, 2.75) is 52.0 Å². The molecule has 2 heterocycles. The van der Waals surface area contributed by atoms with Crippen molar-refractivity contribution >= 4 is 5.96 Å². The molecule has 130 valence electrons. The quantitative estimate of drug-likeness (QED) is 0.571. The summed E-state index contributed by atoms with van der Waals surface area (Å²) in [4.78, 5) is 7.31. The van der Waals surface area contributed by atoms with E-state index in [1.807, 2.05) is 12.1 Å². The molecular formula is C18H32N4O. The number of hydrogen-bond donors (Lipinski definition) is 2. The third-order valence-corrected chi connectivity index (χ3v) is 4.42. The van der Waals surface area contributed by atoms with E-state index in [1.165, 1.54) is 32.4 Å². The molecule has 0 spiro atoms. The first-order valence-electron chi connectivity index (χ1n) is 9.08. The van der Waals surface area contributed by atoms with Crippen molar-refractivity contribution in [2.75, 3.05) is 32.7 Å². The maximum Gasteiger partial charge on any atom is 0.191 e. The fourth-order valence-electron chi connectivity index (χ4n) is 3.01. The van der Waals surface area contributed by atoms with Gasteiger partial charge in [-0.15, -0.1) is 0 Å². The lowest BCUT2D eigenvalue weighted by atomic mass is 10.1. The van der Waals surface area contributed by atoms with E-state index in [9.17, 15) is 0 Å². The van der Waals surface area contributed by atoms with Crippen molar-refractivity contribution in [1.29, 1.82) is 0 Å². The van der Waals surface area contributed by atoms with Gasteiger partial charge in [0, 0.05) is 32.1 Å². The zero-order chi connectivity index (χ0) is 16.3. The monoisotopic (exact) mass is 320 g/mol. The van der Waals surface area contributed by atoms with Gasteiger partial charge in [-0.3, -0.25) is 4.99 Å².